The molecule has 108 valence electrons. The van der Waals surface area contributed by atoms with Crippen LogP contribution in [0.1, 0.15) is 29.6 Å². The third-order valence-electron chi connectivity index (χ3n) is 3.14. The molecule has 5 nitrogen and oxygen atoms in total. The predicted molar refractivity (Wildman–Crippen MR) is 73.6 cm³/mol. The van der Waals surface area contributed by atoms with Crippen molar-refractivity contribution in [2.45, 2.75) is 19.3 Å². The second kappa shape index (κ2) is 6.93. The highest BCUT2D eigenvalue weighted by atomic mass is 16.5. The molecule has 1 saturated carbocycles. The van der Waals surface area contributed by atoms with Gasteiger partial charge in [0.25, 0.3) is 5.91 Å². The summed E-state index contributed by atoms with van der Waals surface area (Å²) in [5.74, 6) is 0.941. The van der Waals surface area contributed by atoms with Crippen LogP contribution in [0.4, 0.5) is 0 Å². The van der Waals surface area contributed by atoms with Crippen LogP contribution in [0.3, 0.4) is 0 Å². The van der Waals surface area contributed by atoms with Crippen LogP contribution in [0.2, 0.25) is 0 Å². The van der Waals surface area contributed by atoms with Crippen LogP contribution in [0, 0.1) is 5.92 Å². The van der Waals surface area contributed by atoms with Crippen LogP contribution in [0.5, 0.6) is 5.75 Å². The first-order valence-electron chi connectivity index (χ1n) is 6.77. The Morgan fingerprint density at radius 2 is 1.95 bits per heavy atom. The maximum absolute atomic E-state index is 11.8. The summed E-state index contributed by atoms with van der Waals surface area (Å²) in [7, 11) is 1.32. The van der Waals surface area contributed by atoms with E-state index in [1.807, 2.05) is 0 Å². The summed E-state index contributed by atoms with van der Waals surface area (Å²) in [6, 6.07) is 7.01. The Balaban J connectivity index is 1.75. The standard InChI is InChI=1S/C15H19NO4/c1-19-14(17)8-9-16-15(18)12-4-6-13(7-5-12)20-10-11-2-3-11/h4-7,11H,2-3,8-10H2,1H3,(H,16,18). The van der Waals surface area contributed by atoms with Gasteiger partial charge in [-0.25, -0.2) is 0 Å². The Labute approximate surface area is 118 Å². The molecular weight excluding hydrogens is 258 g/mol. The summed E-state index contributed by atoms with van der Waals surface area (Å²) in [6.07, 6.45) is 2.67. The fourth-order valence-corrected chi connectivity index (χ4v) is 1.68. The van der Waals surface area contributed by atoms with Gasteiger partial charge < -0.3 is 14.8 Å². The quantitative estimate of drug-likeness (QED) is 0.771. The zero-order chi connectivity index (χ0) is 14.4. The lowest BCUT2D eigenvalue weighted by molar-refractivity contribution is -0.140. The van der Waals surface area contributed by atoms with Crippen LogP contribution in [0.15, 0.2) is 24.3 Å². The zero-order valence-electron chi connectivity index (χ0n) is 11.6. The number of hydrogen-bond acceptors (Lipinski definition) is 4. The number of nitrogens with one attached hydrogen (secondary N) is 1. The highest BCUT2D eigenvalue weighted by Crippen LogP contribution is 2.29. The van der Waals surface area contributed by atoms with Crippen molar-refractivity contribution in [1.82, 2.24) is 5.32 Å². The van der Waals surface area contributed by atoms with Gasteiger partial charge in [0.2, 0.25) is 0 Å². The van der Waals surface area contributed by atoms with Crippen molar-refractivity contribution < 1.29 is 19.1 Å². The number of hydrogen-bond donors (Lipinski definition) is 1. The first-order valence-corrected chi connectivity index (χ1v) is 6.77. The molecule has 20 heavy (non-hydrogen) atoms. The van der Waals surface area contributed by atoms with Gasteiger partial charge in [-0.2, -0.15) is 0 Å². The van der Waals surface area contributed by atoms with E-state index in [0.717, 1.165) is 12.4 Å². The molecule has 0 heterocycles. The van der Waals surface area contributed by atoms with Gasteiger partial charge in [0.15, 0.2) is 0 Å². The molecule has 0 atom stereocenters. The predicted octanol–water partition coefficient (Wildman–Crippen LogP) is 1.77. The van der Waals surface area contributed by atoms with Crippen LogP contribution in [-0.4, -0.2) is 32.1 Å². The van der Waals surface area contributed by atoms with Crippen molar-refractivity contribution in [3.63, 3.8) is 0 Å². The van der Waals surface area contributed by atoms with Crippen molar-refractivity contribution in [1.29, 1.82) is 0 Å². The Kier molecular flexibility index (Phi) is 4.98. The van der Waals surface area contributed by atoms with Gasteiger partial charge in [-0.1, -0.05) is 0 Å². The summed E-state index contributed by atoms with van der Waals surface area (Å²) in [5.41, 5.74) is 0.550. The number of ether oxygens (including phenoxy) is 2. The number of carbonyl (C=O) groups excluding carboxylic acids is 2. The molecule has 1 fully saturated rings. The summed E-state index contributed by atoms with van der Waals surface area (Å²) < 4.78 is 10.1. The smallest absolute Gasteiger partial charge is 0.307 e. The van der Waals surface area contributed by atoms with Gasteiger partial charge in [-0.15, -0.1) is 0 Å². The van der Waals surface area contributed by atoms with Crippen molar-refractivity contribution >= 4 is 11.9 Å². The van der Waals surface area contributed by atoms with Gasteiger partial charge in [0, 0.05) is 12.1 Å². The van der Waals surface area contributed by atoms with Crippen molar-refractivity contribution in [3.8, 4) is 5.75 Å². The van der Waals surface area contributed by atoms with Gasteiger partial charge in [0.05, 0.1) is 20.1 Å². The maximum Gasteiger partial charge on any atom is 0.307 e. The van der Waals surface area contributed by atoms with E-state index in [4.69, 9.17) is 4.74 Å². The molecule has 0 bridgehead atoms. The lowest BCUT2D eigenvalue weighted by Gasteiger charge is -2.07. The first-order chi connectivity index (χ1) is 9.69. The topological polar surface area (TPSA) is 64.6 Å². The molecule has 1 N–H and O–H groups in total. The lowest BCUT2D eigenvalue weighted by atomic mass is 10.2. The van der Waals surface area contributed by atoms with E-state index in [-0.39, 0.29) is 24.8 Å². The van der Waals surface area contributed by atoms with E-state index in [1.54, 1.807) is 24.3 Å². The molecule has 1 aromatic carbocycles. The number of amides is 1. The van der Waals surface area contributed by atoms with Crippen molar-refractivity contribution in [2.24, 2.45) is 5.92 Å². The molecular formula is C15H19NO4. The number of benzene rings is 1. The average Bonchev–Trinajstić information content (AvgIpc) is 3.29. The summed E-state index contributed by atoms with van der Waals surface area (Å²) in [6.45, 7) is 1.02. The maximum atomic E-state index is 11.8. The Bertz CT molecular complexity index is 465. The van der Waals surface area contributed by atoms with E-state index in [9.17, 15) is 9.59 Å². The minimum atomic E-state index is -0.339. The van der Waals surface area contributed by atoms with E-state index in [0.29, 0.717) is 11.5 Å². The highest BCUT2D eigenvalue weighted by molar-refractivity contribution is 5.94. The van der Waals surface area contributed by atoms with E-state index in [1.165, 1.54) is 20.0 Å². The van der Waals surface area contributed by atoms with Crippen LogP contribution >= 0.6 is 0 Å². The molecule has 0 radical (unpaired) electrons. The summed E-state index contributed by atoms with van der Waals surface area (Å²) in [4.78, 5) is 22.7. The minimum absolute atomic E-state index is 0.171. The summed E-state index contributed by atoms with van der Waals surface area (Å²) >= 11 is 0. The largest absolute Gasteiger partial charge is 0.493 e. The molecule has 0 aromatic heterocycles. The van der Waals surface area contributed by atoms with E-state index >= 15 is 0 Å². The molecule has 2 rings (SSSR count). The third-order valence-corrected chi connectivity index (χ3v) is 3.14. The van der Waals surface area contributed by atoms with Crippen molar-refractivity contribution in [2.75, 3.05) is 20.3 Å². The number of carbonyl (C=O) groups is 2. The molecule has 1 aromatic rings. The summed E-state index contributed by atoms with van der Waals surface area (Å²) in [5, 5.41) is 2.66. The second-order valence-corrected chi connectivity index (χ2v) is 4.86. The molecule has 0 spiro atoms. The average molecular weight is 277 g/mol. The fraction of sp³-hybridized carbons (Fsp3) is 0.467. The zero-order valence-corrected chi connectivity index (χ0v) is 11.6. The SMILES string of the molecule is COC(=O)CCNC(=O)c1ccc(OCC2CC2)cc1. The molecule has 1 aliphatic carbocycles. The number of methoxy groups -OCH3 is 1. The Morgan fingerprint density at radius 3 is 2.55 bits per heavy atom. The normalized spacial score (nSPS) is 13.7. The Hall–Kier alpha value is -2.04. The molecule has 1 aliphatic rings. The van der Waals surface area contributed by atoms with E-state index < -0.39 is 0 Å². The second-order valence-electron chi connectivity index (χ2n) is 4.86. The van der Waals surface area contributed by atoms with Crippen LogP contribution < -0.4 is 10.1 Å². The molecule has 1 amide bonds. The molecule has 5 heteroatoms. The van der Waals surface area contributed by atoms with Gasteiger partial charge in [-0.3, -0.25) is 9.59 Å². The molecule has 0 saturated heterocycles. The third kappa shape index (κ3) is 4.57. The Morgan fingerprint density at radius 1 is 1.25 bits per heavy atom. The number of rotatable bonds is 7. The highest BCUT2D eigenvalue weighted by Gasteiger charge is 2.21. The fourth-order valence-electron chi connectivity index (χ4n) is 1.68. The first kappa shape index (κ1) is 14.4. The van der Waals surface area contributed by atoms with Gasteiger partial charge in [-0.05, 0) is 43.0 Å². The lowest BCUT2D eigenvalue weighted by Crippen LogP contribution is -2.26. The number of esters is 1. The van der Waals surface area contributed by atoms with E-state index in [2.05, 4.69) is 10.1 Å². The van der Waals surface area contributed by atoms with Gasteiger partial charge >= 0.3 is 5.97 Å². The minimum Gasteiger partial charge on any atom is -0.493 e. The molecule has 0 unspecified atom stereocenters. The van der Waals surface area contributed by atoms with Crippen LogP contribution in [0.25, 0.3) is 0 Å². The molecule has 0 aliphatic heterocycles. The monoisotopic (exact) mass is 277 g/mol. The van der Waals surface area contributed by atoms with Crippen molar-refractivity contribution in [3.05, 3.63) is 29.8 Å². The van der Waals surface area contributed by atoms with Crippen LogP contribution in [-0.2, 0) is 9.53 Å². The van der Waals surface area contributed by atoms with Gasteiger partial charge in [0.1, 0.15) is 5.75 Å².